The summed E-state index contributed by atoms with van der Waals surface area (Å²) in [5.41, 5.74) is 0.781. The highest BCUT2D eigenvalue weighted by atomic mass is 16.6. The highest BCUT2D eigenvalue weighted by molar-refractivity contribution is 5.91. The maximum Gasteiger partial charge on any atom is 0.408 e. The summed E-state index contributed by atoms with van der Waals surface area (Å²) in [5.74, 6) is -2.07. The first-order chi connectivity index (χ1) is 17.9. The van der Waals surface area contributed by atoms with Gasteiger partial charge in [-0.1, -0.05) is 74.5 Å². The lowest BCUT2D eigenvalue weighted by atomic mass is 10.0. The van der Waals surface area contributed by atoms with Gasteiger partial charge in [-0.25, -0.2) is 9.59 Å². The Balaban J connectivity index is 2.11. The van der Waals surface area contributed by atoms with E-state index < -0.39 is 48.0 Å². The Bertz CT molecular complexity index is 1050. The molecule has 2 amide bonds. The Hall–Kier alpha value is -3.88. The Morgan fingerprint density at radius 3 is 1.79 bits per heavy atom. The molecule has 0 aliphatic heterocycles. The summed E-state index contributed by atoms with van der Waals surface area (Å²) in [6.45, 7) is 8.91. The Morgan fingerprint density at radius 2 is 1.29 bits per heavy atom. The van der Waals surface area contributed by atoms with Crippen LogP contribution in [0, 0.1) is 5.92 Å². The molecule has 2 rings (SSSR count). The zero-order valence-corrected chi connectivity index (χ0v) is 22.7. The van der Waals surface area contributed by atoms with Gasteiger partial charge in [-0.15, -0.1) is 0 Å². The van der Waals surface area contributed by atoms with Crippen molar-refractivity contribution in [3.63, 3.8) is 0 Å². The van der Waals surface area contributed by atoms with Crippen molar-refractivity contribution in [2.45, 2.75) is 78.4 Å². The van der Waals surface area contributed by atoms with E-state index in [2.05, 4.69) is 10.6 Å². The van der Waals surface area contributed by atoms with Crippen LogP contribution in [0.2, 0.25) is 0 Å². The lowest BCUT2D eigenvalue weighted by molar-refractivity contribution is -0.155. The van der Waals surface area contributed by atoms with Crippen LogP contribution in [0.1, 0.15) is 58.6 Å². The van der Waals surface area contributed by atoms with Gasteiger partial charge in [0.2, 0.25) is 5.91 Å². The van der Waals surface area contributed by atoms with Crippen molar-refractivity contribution in [1.82, 2.24) is 10.6 Å². The SMILES string of the molecule is CC(C)C[C@@H](NC(=O)OC(C)(C)C)C(=O)N[C@@H](CC(=O)OCc1ccccc1)C(=O)OCc1ccccc1. The molecule has 0 aliphatic rings. The number of amides is 2. The van der Waals surface area contributed by atoms with Crippen molar-refractivity contribution in [1.29, 1.82) is 0 Å². The largest absolute Gasteiger partial charge is 0.461 e. The number of rotatable bonds is 12. The molecular weight excluding hydrogens is 488 g/mol. The third-order valence-electron chi connectivity index (χ3n) is 5.15. The Kier molecular flexibility index (Phi) is 11.8. The minimum absolute atomic E-state index is 0.0234. The molecule has 0 saturated carbocycles. The second-order valence-electron chi connectivity index (χ2n) is 10.3. The van der Waals surface area contributed by atoms with Crippen molar-refractivity contribution < 1.29 is 33.4 Å². The minimum Gasteiger partial charge on any atom is -0.461 e. The molecule has 2 N–H and O–H groups in total. The maximum absolute atomic E-state index is 13.2. The molecule has 0 bridgehead atoms. The first kappa shape index (κ1) is 30.3. The normalized spacial score (nSPS) is 12.7. The second-order valence-corrected chi connectivity index (χ2v) is 10.3. The number of ether oxygens (including phenoxy) is 3. The summed E-state index contributed by atoms with van der Waals surface area (Å²) in [5, 5.41) is 5.14. The monoisotopic (exact) mass is 526 g/mol. The van der Waals surface area contributed by atoms with Gasteiger partial charge in [-0.05, 0) is 44.2 Å². The quantitative estimate of drug-likeness (QED) is 0.313. The van der Waals surface area contributed by atoms with E-state index in [1.165, 1.54) is 0 Å². The van der Waals surface area contributed by atoms with Crippen LogP contribution in [0.5, 0.6) is 0 Å². The molecule has 206 valence electrons. The van der Waals surface area contributed by atoms with E-state index in [0.717, 1.165) is 11.1 Å². The highest BCUT2D eigenvalue weighted by Crippen LogP contribution is 2.12. The summed E-state index contributed by atoms with van der Waals surface area (Å²) in [6, 6.07) is 15.8. The van der Waals surface area contributed by atoms with Gasteiger partial charge in [-0.2, -0.15) is 0 Å². The van der Waals surface area contributed by atoms with E-state index >= 15 is 0 Å². The Labute approximate surface area is 224 Å². The molecule has 38 heavy (non-hydrogen) atoms. The predicted octanol–water partition coefficient (Wildman–Crippen LogP) is 4.29. The third kappa shape index (κ3) is 11.9. The first-order valence-corrected chi connectivity index (χ1v) is 12.6. The van der Waals surface area contributed by atoms with Crippen molar-refractivity contribution >= 4 is 23.9 Å². The summed E-state index contributed by atoms with van der Waals surface area (Å²) >= 11 is 0. The molecule has 0 aliphatic carbocycles. The van der Waals surface area contributed by atoms with Crippen LogP contribution in [0.3, 0.4) is 0 Å². The van der Waals surface area contributed by atoms with E-state index in [0.29, 0.717) is 0 Å². The van der Waals surface area contributed by atoms with Crippen molar-refractivity contribution in [2.24, 2.45) is 5.92 Å². The summed E-state index contributed by atoms with van der Waals surface area (Å²) in [6.07, 6.45) is -0.911. The van der Waals surface area contributed by atoms with Crippen molar-refractivity contribution in [3.8, 4) is 0 Å². The molecule has 0 radical (unpaired) electrons. The van der Waals surface area contributed by atoms with E-state index in [4.69, 9.17) is 14.2 Å². The number of hydrogen-bond donors (Lipinski definition) is 2. The fourth-order valence-corrected chi connectivity index (χ4v) is 3.41. The molecule has 0 heterocycles. The molecule has 0 fully saturated rings. The number of benzene rings is 2. The molecule has 9 nitrogen and oxygen atoms in total. The minimum atomic E-state index is -1.32. The highest BCUT2D eigenvalue weighted by Gasteiger charge is 2.31. The topological polar surface area (TPSA) is 120 Å². The van der Waals surface area contributed by atoms with Crippen LogP contribution >= 0.6 is 0 Å². The molecule has 0 spiro atoms. The number of alkyl carbamates (subject to hydrolysis) is 1. The van der Waals surface area contributed by atoms with Gasteiger partial charge in [0.25, 0.3) is 0 Å². The van der Waals surface area contributed by atoms with Crippen LogP contribution < -0.4 is 10.6 Å². The number of hydrogen-bond acceptors (Lipinski definition) is 7. The third-order valence-corrected chi connectivity index (χ3v) is 5.15. The second kappa shape index (κ2) is 14.8. The fraction of sp³-hybridized carbons (Fsp3) is 0.448. The lowest BCUT2D eigenvalue weighted by Gasteiger charge is -2.25. The number of esters is 2. The molecular formula is C29H38N2O7. The zero-order chi connectivity index (χ0) is 28.1. The van der Waals surface area contributed by atoms with Crippen molar-refractivity contribution in [2.75, 3.05) is 0 Å². The van der Waals surface area contributed by atoms with Gasteiger partial charge < -0.3 is 24.8 Å². The summed E-state index contributed by atoms with van der Waals surface area (Å²) in [4.78, 5) is 51.1. The predicted molar refractivity (Wildman–Crippen MR) is 142 cm³/mol. The molecule has 2 atom stereocenters. The fourth-order valence-electron chi connectivity index (χ4n) is 3.41. The number of nitrogens with one attached hydrogen (secondary N) is 2. The van der Waals surface area contributed by atoms with E-state index in [9.17, 15) is 19.2 Å². The van der Waals surface area contributed by atoms with E-state index in [1.807, 2.05) is 50.2 Å². The molecule has 2 aromatic carbocycles. The van der Waals surface area contributed by atoms with Crippen molar-refractivity contribution in [3.05, 3.63) is 71.8 Å². The standard InChI is InChI=1S/C29H38N2O7/c1-20(2)16-23(31-28(35)38-29(3,4)5)26(33)30-24(27(34)37-19-22-14-10-7-11-15-22)17-25(32)36-18-21-12-8-6-9-13-21/h6-15,20,23-24H,16-19H2,1-5H3,(H,30,33)(H,31,35)/t23-,24+/m1/s1. The molecule has 2 aromatic rings. The summed E-state index contributed by atoms with van der Waals surface area (Å²) in [7, 11) is 0. The zero-order valence-electron chi connectivity index (χ0n) is 22.7. The number of carbonyl (C=O) groups is 4. The van der Waals surface area contributed by atoms with E-state index in [-0.39, 0.29) is 25.6 Å². The van der Waals surface area contributed by atoms with Gasteiger partial charge in [0.05, 0.1) is 6.42 Å². The molecule has 9 heteroatoms. The van der Waals surface area contributed by atoms with Gasteiger partial charge in [0.15, 0.2) is 0 Å². The molecule has 0 aromatic heterocycles. The lowest BCUT2D eigenvalue weighted by Crippen LogP contribution is -2.53. The maximum atomic E-state index is 13.2. The van der Waals surface area contributed by atoms with E-state index in [1.54, 1.807) is 45.0 Å². The smallest absolute Gasteiger partial charge is 0.408 e. The average Bonchev–Trinajstić information content (AvgIpc) is 2.85. The van der Waals surface area contributed by atoms with Crippen LogP contribution in [0.4, 0.5) is 4.79 Å². The van der Waals surface area contributed by atoms with Crippen LogP contribution in [-0.4, -0.2) is 41.6 Å². The van der Waals surface area contributed by atoms with Gasteiger partial charge in [0.1, 0.15) is 30.9 Å². The summed E-state index contributed by atoms with van der Waals surface area (Å²) < 4.78 is 16.0. The van der Waals surface area contributed by atoms with Crippen LogP contribution in [0.15, 0.2) is 60.7 Å². The molecule has 0 saturated heterocycles. The van der Waals surface area contributed by atoms with Gasteiger partial charge in [0, 0.05) is 0 Å². The van der Waals surface area contributed by atoms with Crippen LogP contribution in [-0.2, 0) is 41.8 Å². The number of carbonyl (C=O) groups excluding carboxylic acids is 4. The Morgan fingerprint density at radius 1 is 0.763 bits per heavy atom. The van der Waals surface area contributed by atoms with Gasteiger partial charge in [-0.3, -0.25) is 9.59 Å². The molecule has 0 unspecified atom stereocenters. The van der Waals surface area contributed by atoms with Crippen LogP contribution in [0.25, 0.3) is 0 Å². The van der Waals surface area contributed by atoms with Gasteiger partial charge >= 0.3 is 18.0 Å². The average molecular weight is 527 g/mol. The first-order valence-electron chi connectivity index (χ1n) is 12.6.